The zero-order valence-corrected chi connectivity index (χ0v) is 12.5. The Morgan fingerprint density at radius 1 is 1.32 bits per heavy atom. The average molecular weight is 276 g/mol. The van der Waals surface area contributed by atoms with Gasteiger partial charge in [0.1, 0.15) is 0 Å². The number of hydrogen-bond donors (Lipinski definition) is 1. The summed E-state index contributed by atoms with van der Waals surface area (Å²) in [6.45, 7) is 5.64. The van der Waals surface area contributed by atoms with E-state index in [0.29, 0.717) is 5.92 Å². The van der Waals surface area contributed by atoms with Crippen molar-refractivity contribution in [1.29, 1.82) is 0 Å². The van der Waals surface area contributed by atoms with Gasteiger partial charge in [0.25, 0.3) is 0 Å². The highest BCUT2D eigenvalue weighted by molar-refractivity contribution is 8.00. The third kappa shape index (κ3) is 2.99. The van der Waals surface area contributed by atoms with E-state index in [4.69, 9.17) is 5.73 Å². The number of thioether (sulfide) groups is 1. The standard InChI is InChI=1S/C16H24N2S/c1-12-6-7-13(9-17)10-18(12)11-15-8-14-4-2-3-5-16(14)19-15/h2-5,12-13,15H,6-11,17H2,1H3. The largest absolute Gasteiger partial charge is 0.330 e. The van der Waals surface area contributed by atoms with Crippen LogP contribution >= 0.6 is 11.8 Å². The number of nitrogens with two attached hydrogens (primary N) is 1. The predicted octanol–water partition coefficient (Wildman–Crippen LogP) is 2.76. The SMILES string of the molecule is CC1CCC(CN)CN1CC1Cc2ccccc2S1. The fourth-order valence-corrected chi connectivity index (χ4v) is 4.67. The van der Waals surface area contributed by atoms with Gasteiger partial charge >= 0.3 is 0 Å². The van der Waals surface area contributed by atoms with Crippen molar-refractivity contribution in [3.8, 4) is 0 Å². The van der Waals surface area contributed by atoms with E-state index in [1.807, 2.05) is 0 Å². The van der Waals surface area contributed by atoms with Crippen molar-refractivity contribution < 1.29 is 0 Å². The third-order valence-electron chi connectivity index (χ3n) is 4.59. The van der Waals surface area contributed by atoms with Crippen LogP contribution in [0.15, 0.2) is 29.2 Å². The molecule has 1 aromatic carbocycles. The molecule has 3 rings (SSSR count). The molecule has 2 nitrogen and oxygen atoms in total. The van der Waals surface area contributed by atoms with Crippen LogP contribution in [0, 0.1) is 5.92 Å². The maximum atomic E-state index is 5.86. The Morgan fingerprint density at radius 2 is 2.16 bits per heavy atom. The Labute approximate surface area is 120 Å². The van der Waals surface area contributed by atoms with E-state index in [-0.39, 0.29) is 0 Å². The number of rotatable bonds is 3. The quantitative estimate of drug-likeness (QED) is 0.920. The summed E-state index contributed by atoms with van der Waals surface area (Å²) in [6, 6.07) is 9.59. The van der Waals surface area contributed by atoms with Crippen molar-refractivity contribution in [3.05, 3.63) is 29.8 Å². The summed E-state index contributed by atoms with van der Waals surface area (Å²) >= 11 is 2.07. The second-order valence-corrected chi connectivity index (χ2v) is 7.38. The normalized spacial score (nSPS) is 31.4. The smallest absolute Gasteiger partial charge is 0.0263 e. The fourth-order valence-electron chi connectivity index (χ4n) is 3.33. The van der Waals surface area contributed by atoms with Crippen molar-refractivity contribution >= 4 is 11.8 Å². The molecule has 3 unspecified atom stereocenters. The lowest BCUT2D eigenvalue weighted by molar-refractivity contribution is 0.121. The van der Waals surface area contributed by atoms with Gasteiger partial charge in [0.05, 0.1) is 0 Å². The second-order valence-electron chi connectivity index (χ2n) is 6.03. The van der Waals surface area contributed by atoms with E-state index in [0.717, 1.165) is 17.8 Å². The van der Waals surface area contributed by atoms with Gasteiger partial charge in [-0.25, -0.2) is 0 Å². The Balaban J connectivity index is 1.60. The molecule has 19 heavy (non-hydrogen) atoms. The van der Waals surface area contributed by atoms with Crippen molar-refractivity contribution in [3.63, 3.8) is 0 Å². The van der Waals surface area contributed by atoms with Gasteiger partial charge in [0.2, 0.25) is 0 Å². The minimum atomic E-state index is 0.713. The number of hydrogen-bond acceptors (Lipinski definition) is 3. The molecule has 0 saturated carbocycles. The van der Waals surface area contributed by atoms with Crippen LogP contribution in [0.25, 0.3) is 0 Å². The molecule has 3 heteroatoms. The highest BCUT2D eigenvalue weighted by atomic mass is 32.2. The van der Waals surface area contributed by atoms with Crippen LogP contribution in [-0.2, 0) is 6.42 Å². The predicted molar refractivity (Wildman–Crippen MR) is 82.6 cm³/mol. The Hall–Kier alpha value is -0.510. The van der Waals surface area contributed by atoms with E-state index in [2.05, 4.69) is 47.9 Å². The zero-order valence-electron chi connectivity index (χ0n) is 11.7. The van der Waals surface area contributed by atoms with Gasteiger partial charge in [-0.05, 0) is 50.3 Å². The Bertz CT molecular complexity index is 410. The molecule has 0 aliphatic carbocycles. The van der Waals surface area contributed by atoms with Gasteiger partial charge in [-0.2, -0.15) is 0 Å². The maximum absolute atomic E-state index is 5.86. The van der Waals surface area contributed by atoms with E-state index >= 15 is 0 Å². The highest BCUT2D eigenvalue weighted by Crippen LogP contribution is 2.37. The lowest BCUT2D eigenvalue weighted by atomic mass is 9.93. The first-order valence-electron chi connectivity index (χ1n) is 7.45. The van der Waals surface area contributed by atoms with Gasteiger partial charge in [-0.3, -0.25) is 4.90 Å². The Kier molecular flexibility index (Phi) is 4.15. The molecule has 0 bridgehead atoms. The maximum Gasteiger partial charge on any atom is 0.0263 e. The molecule has 1 aromatic rings. The molecular weight excluding hydrogens is 252 g/mol. The molecule has 104 valence electrons. The first-order valence-corrected chi connectivity index (χ1v) is 8.33. The summed E-state index contributed by atoms with van der Waals surface area (Å²) < 4.78 is 0. The van der Waals surface area contributed by atoms with Crippen molar-refractivity contribution in [2.45, 2.75) is 42.4 Å². The fraction of sp³-hybridized carbons (Fsp3) is 0.625. The lowest BCUT2D eigenvalue weighted by Gasteiger charge is -2.38. The van der Waals surface area contributed by atoms with E-state index < -0.39 is 0 Å². The first kappa shape index (κ1) is 13.5. The summed E-state index contributed by atoms with van der Waals surface area (Å²) in [6.07, 6.45) is 3.86. The molecule has 0 amide bonds. The van der Waals surface area contributed by atoms with Crippen LogP contribution in [-0.4, -0.2) is 35.8 Å². The van der Waals surface area contributed by atoms with E-state index in [9.17, 15) is 0 Å². The monoisotopic (exact) mass is 276 g/mol. The van der Waals surface area contributed by atoms with Gasteiger partial charge in [-0.15, -0.1) is 11.8 Å². The first-order chi connectivity index (χ1) is 9.26. The van der Waals surface area contributed by atoms with Gasteiger partial charge in [0.15, 0.2) is 0 Å². The molecule has 0 aromatic heterocycles. The molecule has 2 aliphatic heterocycles. The van der Waals surface area contributed by atoms with Crippen LogP contribution in [0.5, 0.6) is 0 Å². The van der Waals surface area contributed by atoms with Crippen LogP contribution in [0.1, 0.15) is 25.3 Å². The number of likely N-dealkylation sites (tertiary alicyclic amines) is 1. The lowest BCUT2D eigenvalue weighted by Crippen LogP contribution is -2.46. The molecule has 2 heterocycles. The molecule has 1 saturated heterocycles. The zero-order chi connectivity index (χ0) is 13.2. The topological polar surface area (TPSA) is 29.3 Å². The van der Waals surface area contributed by atoms with Gasteiger partial charge in [-0.1, -0.05) is 18.2 Å². The van der Waals surface area contributed by atoms with E-state index in [1.165, 1.54) is 42.8 Å². The summed E-state index contributed by atoms with van der Waals surface area (Å²) in [7, 11) is 0. The number of fused-ring (bicyclic) bond motifs is 1. The molecule has 0 radical (unpaired) electrons. The Morgan fingerprint density at radius 3 is 2.95 bits per heavy atom. The molecule has 1 fully saturated rings. The molecule has 0 spiro atoms. The van der Waals surface area contributed by atoms with Crippen LogP contribution in [0.2, 0.25) is 0 Å². The summed E-state index contributed by atoms with van der Waals surface area (Å²) in [5, 5.41) is 0.733. The summed E-state index contributed by atoms with van der Waals surface area (Å²) in [5.41, 5.74) is 7.40. The number of piperidine rings is 1. The average Bonchev–Trinajstić information content (AvgIpc) is 2.83. The number of benzene rings is 1. The van der Waals surface area contributed by atoms with Crippen LogP contribution in [0.3, 0.4) is 0 Å². The summed E-state index contributed by atoms with van der Waals surface area (Å²) in [4.78, 5) is 4.16. The van der Waals surface area contributed by atoms with Gasteiger partial charge in [0, 0.05) is 29.3 Å². The van der Waals surface area contributed by atoms with Crippen LogP contribution < -0.4 is 5.73 Å². The minimum absolute atomic E-state index is 0.713. The minimum Gasteiger partial charge on any atom is -0.330 e. The summed E-state index contributed by atoms with van der Waals surface area (Å²) in [5.74, 6) is 0.713. The molecule has 2 aliphatic rings. The number of nitrogens with zero attached hydrogens (tertiary/aromatic N) is 1. The highest BCUT2D eigenvalue weighted by Gasteiger charge is 2.29. The van der Waals surface area contributed by atoms with Crippen molar-refractivity contribution in [2.75, 3.05) is 19.6 Å². The van der Waals surface area contributed by atoms with Crippen molar-refractivity contribution in [2.24, 2.45) is 11.7 Å². The molecular formula is C16H24N2S. The molecule has 3 atom stereocenters. The molecule has 2 N–H and O–H groups in total. The van der Waals surface area contributed by atoms with Gasteiger partial charge < -0.3 is 5.73 Å². The van der Waals surface area contributed by atoms with E-state index in [1.54, 1.807) is 0 Å². The second kappa shape index (κ2) is 5.86. The van der Waals surface area contributed by atoms with Crippen LogP contribution in [0.4, 0.5) is 0 Å². The third-order valence-corrected chi connectivity index (χ3v) is 5.90. The van der Waals surface area contributed by atoms with Crippen molar-refractivity contribution in [1.82, 2.24) is 4.90 Å².